The highest BCUT2D eigenvalue weighted by molar-refractivity contribution is 5.82. The van der Waals surface area contributed by atoms with Gasteiger partial charge in [-0.25, -0.2) is 4.39 Å². The number of anilines is 1. The maximum absolute atomic E-state index is 13.5. The molecular formula is C14H17FN2O2. The van der Waals surface area contributed by atoms with E-state index < -0.39 is 5.92 Å². The molecule has 1 fully saturated rings. The monoisotopic (exact) mass is 264 g/mol. The van der Waals surface area contributed by atoms with E-state index in [1.807, 2.05) is 0 Å². The molecule has 1 aromatic carbocycles. The Hall–Kier alpha value is -1.62. The molecule has 3 unspecified atom stereocenters. The number of carbonyl (C=O) groups excluding carboxylic acids is 1. The molecule has 3 atom stereocenters. The SMILES string of the molecule is COC(=O)C1c2cc(F)ccc2NC2CCNCC21. The number of piperidine rings is 1. The van der Waals surface area contributed by atoms with Gasteiger partial charge >= 0.3 is 5.97 Å². The first-order chi connectivity index (χ1) is 9.20. The van der Waals surface area contributed by atoms with E-state index in [1.54, 1.807) is 6.07 Å². The highest BCUT2D eigenvalue weighted by Gasteiger charge is 2.42. The summed E-state index contributed by atoms with van der Waals surface area (Å²) in [5.41, 5.74) is 1.55. The predicted octanol–water partition coefficient (Wildman–Crippen LogP) is 1.49. The van der Waals surface area contributed by atoms with Gasteiger partial charge in [-0.15, -0.1) is 0 Å². The fraction of sp³-hybridized carbons (Fsp3) is 0.500. The van der Waals surface area contributed by atoms with Gasteiger partial charge in [0.1, 0.15) is 5.82 Å². The number of esters is 1. The molecule has 5 heteroatoms. The zero-order valence-electron chi connectivity index (χ0n) is 10.8. The van der Waals surface area contributed by atoms with Gasteiger partial charge in [0.2, 0.25) is 0 Å². The lowest BCUT2D eigenvalue weighted by atomic mass is 9.75. The van der Waals surface area contributed by atoms with Gasteiger partial charge in [-0.2, -0.15) is 0 Å². The molecule has 2 heterocycles. The summed E-state index contributed by atoms with van der Waals surface area (Å²) >= 11 is 0. The fourth-order valence-corrected chi connectivity index (χ4v) is 3.19. The number of methoxy groups -OCH3 is 1. The zero-order valence-corrected chi connectivity index (χ0v) is 10.8. The van der Waals surface area contributed by atoms with E-state index in [1.165, 1.54) is 19.2 Å². The van der Waals surface area contributed by atoms with Crippen molar-refractivity contribution in [2.45, 2.75) is 18.4 Å². The second kappa shape index (κ2) is 4.81. The van der Waals surface area contributed by atoms with Gasteiger partial charge in [0.25, 0.3) is 0 Å². The van der Waals surface area contributed by atoms with E-state index in [4.69, 9.17) is 4.74 Å². The van der Waals surface area contributed by atoms with Crippen molar-refractivity contribution in [1.29, 1.82) is 0 Å². The molecule has 1 saturated heterocycles. The number of ether oxygens (including phenoxy) is 1. The summed E-state index contributed by atoms with van der Waals surface area (Å²) in [5, 5.41) is 6.72. The van der Waals surface area contributed by atoms with Crippen LogP contribution in [0.5, 0.6) is 0 Å². The number of halogens is 1. The van der Waals surface area contributed by atoms with Crippen molar-refractivity contribution in [2.24, 2.45) is 5.92 Å². The van der Waals surface area contributed by atoms with Gasteiger partial charge in [-0.3, -0.25) is 4.79 Å². The molecule has 0 saturated carbocycles. The minimum Gasteiger partial charge on any atom is -0.469 e. The third kappa shape index (κ3) is 2.08. The van der Waals surface area contributed by atoms with E-state index in [2.05, 4.69) is 10.6 Å². The quantitative estimate of drug-likeness (QED) is 0.754. The van der Waals surface area contributed by atoms with Gasteiger partial charge in [0, 0.05) is 24.2 Å². The van der Waals surface area contributed by atoms with Gasteiger partial charge in [-0.05, 0) is 36.7 Å². The highest BCUT2D eigenvalue weighted by Crippen LogP contribution is 2.41. The Bertz CT molecular complexity index is 506. The molecule has 102 valence electrons. The number of benzene rings is 1. The Morgan fingerprint density at radius 1 is 1.47 bits per heavy atom. The van der Waals surface area contributed by atoms with Gasteiger partial charge < -0.3 is 15.4 Å². The molecule has 19 heavy (non-hydrogen) atoms. The largest absolute Gasteiger partial charge is 0.469 e. The lowest BCUT2D eigenvalue weighted by Gasteiger charge is -2.42. The Balaban J connectivity index is 2.06. The van der Waals surface area contributed by atoms with Gasteiger partial charge in [0.05, 0.1) is 13.0 Å². The van der Waals surface area contributed by atoms with Crippen molar-refractivity contribution in [2.75, 3.05) is 25.5 Å². The highest BCUT2D eigenvalue weighted by atomic mass is 19.1. The molecule has 2 aliphatic rings. The average Bonchev–Trinajstić information content (AvgIpc) is 2.44. The van der Waals surface area contributed by atoms with Crippen molar-refractivity contribution in [1.82, 2.24) is 5.32 Å². The number of nitrogens with one attached hydrogen (secondary N) is 2. The summed E-state index contributed by atoms with van der Waals surface area (Å²) in [5.74, 6) is -0.894. The van der Waals surface area contributed by atoms with Crippen molar-refractivity contribution < 1.29 is 13.9 Å². The van der Waals surface area contributed by atoms with Crippen LogP contribution in [0.2, 0.25) is 0 Å². The number of fused-ring (bicyclic) bond motifs is 2. The molecule has 1 aromatic rings. The van der Waals surface area contributed by atoms with Gasteiger partial charge in [0.15, 0.2) is 0 Å². The van der Waals surface area contributed by atoms with Crippen LogP contribution in [0.3, 0.4) is 0 Å². The van der Waals surface area contributed by atoms with Crippen molar-refractivity contribution in [3.05, 3.63) is 29.6 Å². The fourth-order valence-electron chi connectivity index (χ4n) is 3.19. The number of carbonyl (C=O) groups is 1. The molecule has 2 N–H and O–H groups in total. The molecule has 0 bridgehead atoms. The van der Waals surface area contributed by atoms with Crippen LogP contribution in [-0.2, 0) is 9.53 Å². The van der Waals surface area contributed by atoms with E-state index in [-0.39, 0.29) is 23.7 Å². The van der Waals surface area contributed by atoms with Crippen LogP contribution >= 0.6 is 0 Å². The third-order valence-corrected chi connectivity index (χ3v) is 4.10. The third-order valence-electron chi connectivity index (χ3n) is 4.10. The topological polar surface area (TPSA) is 50.4 Å². The molecule has 4 nitrogen and oxygen atoms in total. The molecular weight excluding hydrogens is 247 g/mol. The summed E-state index contributed by atoms with van der Waals surface area (Å²) in [4.78, 5) is 12.1. The van der Waals surface area contributed by atoms with Crippen LogP contribution in [0.4, 0.5) is 10.1 Å². The van der Waals surface area contributed by atoms with Gasteiger partial charge in [-0.1, -0.05) is 0 Å². The molecule has 0 radical (unpaired) electrons. The lowest BCUT2D eigenvalue weighted by Crippen LogP contribution is -2.50. The maximum atomic E-state index is 13.5. The van der Waals surface area contributed by atoms with Crippen LogP contribution in [0, 0.1) is 11.7 Å². The second-order valence-electron chi connectivity index (χ2n) is 5.14. The molecule has 0 spiro atoms. The molecule has 0 aliphatic carbocycles. The summed E-state index contributed by atoms with van der Waals surface area (Å²) < 4.78 is 18.4. The van der Waals surface area contributed by atoms with Crippen LogP contribution in [0.15, 0.2) is 18.2 Å². The first-order valence-corrected chi connectivity index (χ1v) is 6.55. The smallest absolute Gasteiger partial charge is 0.313 e. The standard InChI is InChI=1S/C14H17FN2O2/c1-19-14(18)13-9-6-8(15)2-3-11(9)17-12-4-5-16-7-10(12)13/h2-3,6,10,12-13,16-17H,4-5,7H2,1H3. The Kier molecular flexibility index (Phi) is 3.14. The summed E-state index contributed by atoms with van der Waals surface area (Å²) in [6.07, 6.45) is 0.953. The summed E-state index contributed by atoms with van der Waals surface area (Å²) in [7, 11) is 1.38. The molecule has 2 aliphatic heterocycles. The number of hydrogen-bond acceptors (Lipinski definition) is 4. The molecule has 3 rings (SSSR count). The second-order valence-corrected chi connectivity index (χ2v) is 5.14. The van der Waals surface area contributed by atoms with E-state index in [9.17, 15) is 9.18 Å². The molecule has 0 amide bonds. The Labute approximate surface area is 111 Å². The average molecular weight is 264 g/mol. The van der Waals surface area contributed by atoms with Crippen molar-refractivity contribution in [3.63, 3.8) is 0 Å². The van der Waals surface area contributed by atoms with Crippen molar-refractivity contribution in [3.8, 4) is 0 Å². The number of hydrogen-bond donors (Lipinski definition) is 2. The first-order valence-electron chi connectivity index (χ1n) is 6.55. The van der Waals surface area contributed by atoms with Crippen LogP contribution in [0.25, 0.3) is 0 Å². The number of rotatable bonds is 1. The minimum atomic E-state index is -0.394. The predicted molar refractivity (Wildman–Crippen MR) is 69.5 cm³/mol. The van der Waals surface area contributed by atoms with E-state index >= 15 is 0 Å². The van der Waals surface area contributed by atoms with Crippen LogP contribution in [-0.4, -0.2) is 32.2 Å². The van der Waals surface area contributed by atoms with E-state index in [0.29, 0.717) is 5.56 Å². The maximum Gasteiger partial charge on any atom is 0.313 e. The normalized spacial score (nSPS) is 28.8. The van der Waals surface area contributed by atoms with Crippen LogP contribution in [0.1, 0.15) is 17.9 Å². The first kappa shape index (κ1) is 12.4. The lowest BCUT2D eigenvalue weighted by molar-refractivity contribution is -0.144. The van der Waals surface area contributed by atoms with E-state index in [0.717, 1.165) is 25.2 Å². The van der Waals surface area contributed by atoms with Crippen LogP contribution < -0.4 is 10.6 Å². The summed E-state index contributed by atoms with van der Waals surface area (Å²) in [6.45, 7) is 1.67. The Morgan fingerprint density at radius 3 is 3.11 bits per heavy atom. The zero-order chi connectivity index (χ0) is 13.4. The minimum absolute atomic E-state index is 0.107. The Morgan fingerprint density at radius 2 is 2.32 bits per heavy atom. The molecule has 0 aromatic heterocycles. The van der Waals surface area contributed by atoms with Crippen molar-refractivity contribution >= 4 is 11.7 Å². The summed E-state index contributed by atoms with van der Waals surface area (Å²) in [6, 6.07) is 4.80.